The summed E-state index contributed by atoms with van der Waals surface area (Å²) in [4.78, 5) is 2.10. The normalized spacial score (nSPS) is 22.9. The maximum Gasteiger partial charge on any atom is 0.151 e. The van der Waals surface area contributed by atoms with Crippen molar-refractivity contribution in [2.45, 2.75) is 26.2 Å². The Labute approximate surface area is 98.2 Å². The van der Waals surface area contributed by atoms with Crippen molar-refractivity contribution >= 4 is 9.84 Å². The Hall–Kier alpha value is -0.600. The molecule has 0 aromatic rings. The van der Waals surface area contributed by atoms with Gasteiger partial charge in [-0.1, -0.05) is 6.92 Å². The summed E-state index contributed by atoms with van der Waals surface area (Å²) in [5, 5.41) is 8.83. The highest BCUT2D eigenvalue weighted by molar-refractivity contribution is 7.91. The van der Waals surface area contributed by atoms with Gasteiger partial charge in [-0.3, -0.25) is 0 Å². The Morgan fingerprint density at radius 2 is 2.19 bits per heavy atom. The number of rotatable bonds is 5. The number of sulfone groups is 1. The van der Waals surface area contributed by atoms with E-state index in [4.69, 9.17) is 5.26 Å². The molecule has 5 heteroatoms. The third kappa shape index (κ3) is 4.50. The van der Waals surface area contributed by atoms with E-state index >= 15 is 0 Å². The maximum absolute atomic E-state index is 11.5. The second-order valence-electron chi connectivity index (χ2n) is 4.42. The van der Waals surface area contributed by atoms with Gasteiger partial charge in [0.2, 0.25) is 0 Å². The molecule has 0 aromatic heterocycles. The summed E-state index contributed by atoms with van der Waals surface area (Å²) in [7, 11) is -2.88. The second-order valence-corrected chi connectivity index (χ2v) is 6.72. The van der Waals surface area contributed by atoms with Gasteiger partial charge in [-0.25, -0.2) is 8.42 Å². The molecule has 1 atom stereocenters. The minimum atomic E-state index is -2.88. The SMILES string of the molecule is CCCS(=O)(=O)CCN1CCCC(C#N)C1. The maximum atomic E-state index is 11.5. The van der Waals surface area contributed by atoms with Crippen LogP contribution in [0.2, 0.25) is 0 Å². The highest BCUT2D eigenvalue weighted by Gasteiger charge is 2.20. The van der Waals surface area contributed by atoms with Crippen molar-refractivity contribution in [2.24, 2.45) is 5.92 Å². The quantitative estimate of drug-likeness (QED) is 0.725. The zero-order valence-corrected chi connectivity index (χ0v) is 10.7. The number of likely N-dealkylation sites (tertiary alicyclic amines) is 1. The highest BCUT2D eigenvalue weighted by Crippen LogP contribution is 2.15. The lowest BCUT2D eigenvalue weighted by Crippen LogP contribution is -2.38. The van der Waals surface area contributed by atoms with Gasteiger partial charge in [0.15, 0.2) is 9.84 Å². The molecule has 0 aliphatic carbocycles. The summed E-state index contributed by atoms with van der Waals surface area (Å²) in [6.45, 7) is 4.13. The van der Waals surface area contributed by atoms with Crippen molar-refractivity contribution in [1.82, 2.24) is 4.90 Å². The van der Waals surface area contributed by atoms with Gasteiger partial charge in [0, 0.05) is 18.8 Å². The minimum Gasteiger partial charge on any atom is -0.301 e. The van der Waals surface area contributed by atoms with Crippen LogP contribution < -0.4 is 0 Å². The molecule has 0 radical (unpaired) electrons. The van der Waals surface area contributed by atoms with E-state index in [2.05, 4.69) is 11.0 Å². The lowest BCUT2D eigenvalue weighted by Gasteiger charge is -2.29. The molecule has 0 bridgehead atoms. The summed E-state index contributed by atoms with van der Waals surface area (Å²) in [6, 6.07) is 2.27. The van der Waals surface area contributed by atoms with E-state index in [-0.39, 0.29) is 17.4 Å². The number of nitrogens with zero attached hydrogens (tertiary/aromatic N) is 2. The fourth-order valence-corrected chi connectivity index (χ4v) is 3.41. The van der Waals surface area contributed by atoms with Crippen LogP contribution in [0.4, 0.5) is 0 Å². The molecule has 1 aliphatic heterocycles. The van der Waals surface area contributed by atoms with Crippen molar-refractivity contribution in [3.8, 4) is 6.07 Å². The van der Waals surface area contributed by atoms with Crippen LogP contribution in [0.25, 0.3) is 0 Å². The molecule has 0 N–H and O–H groups in total. The molecule has 1 fully saturated rings. The largest absolute Gasteiger partial charge is 0.301 e. The smallest absolute Gasteiger partial charge is 0.151 e. The first kappa shape index (κ1) is 13.5. The van der Waals surface area contributed by atoms with Gasteiger partial charge in [-0.2, -0.15) is 5.26 Å². The van der Waals surface area contributed by atoms with Crippen LogP contribution in [0.15, 0.2) is 0 Å². The average molecular weight is 244 g/mol. The van der Waals surface area contributed by atoms with Crippen LogP contribution in [-0.2, 0) is 9.84 Å². The Kier molecular flexibility index (Phi) is 5.23. The number of hydrogen-bond acceptors (Lipinski definition) is 4. The van der Waals surface area contributed by atoms with Crippen LogP contribution >= 0.6 is 0 Å². The molecule has 92 valence electrons. The molecule has 0 spiro atoms. The number of piperidine rings is 1. The first-order valence-corrected chi connectivity index (χ1v) is 7.72. The van der Waals surface area contributed by atoms with E-state index in [1.165, 1.54) is 0 Å². The van der Waals surface area contributed by atoms with Crippen molar-refractivity contribution in [3.63, 3.8) is 0 Å². The van der Waals surface area contributed by atoms with Gasteiger partial charge >= 0.3 is 0 Å². The molecular formula is C11H20N2O2S. The van der Waals surface area contributed by atoms with Crippen LogP contribution in [0.3, 0.4) is 0 Å². The van der Waals surface area contributed by atoms with Crippen molar-refractivity contribution < 1.29 is 8.42 Å². The summed E-state index contributed by atoms with van der Waals surface area (Å²) < 4.78 is 23.1. The minimum absolute atomic E-state index is 0.0858. The van der Waals surface area contributed by atoms with Crippen molar-refractivity contribution in [3.05, 3.63) is 0 Å². The molecule has 1 saturated heterocycles. The Morgan fingerprint density at radius 1 is 1.44 bits per heavy atom. The van der Waals surface area contributed by atoms with Crippen LogP contribution in [0.5, 0.6) is 0 Å². The fourth-order valence-electron chi connectivity index (χ4n) is 2.05. The lowest BCUT2D eigenvalue weighted by molar-refractivity contribution is 0.210. The van der Waals surface area contributed by atoms with Gasteiger partial charge in [-0.05, 0) is 25.8 Å². The average Bonchev–Trinajstić information content (AvgIpc) is 2.27. The van der Waals surface area contributed by atoms with E-state index in [0.717, 1.165) is 25.9 Å². The molecule has 0 amide bonds. The standard InChI is InChI=1S/C11H20N2O2S/c1-2-7-16(14,15)8-6-13-5-3-4-11(9-12)10-13/h11H,2-8,10H2,1H3. The Balaban J connectivity index is 2.35. The summed E-state index contributed by atoms with van der Waals surface area (Å²) in [5.74, 6) is 0.601. The number of nitriles is 1. The molecule has 1 heterocycles. The highest BCUT2D eigenvalue weighted by atomic mass is 32.2. The molecular weight excluding hydrogens is 224 g/mol. The second kappa shape index (κ2) is 6.21. The Bertz CT molecular complexity index is 345. The summed E-state index contributed by atoms with van der Waals surface area (Å²) in [6.07, 6.45) is 2.64. The van der Waals surface area contributed by atoms with Gasteiger partial charge in [0.05, 0.1) is 17.7 Å². The Morgan fingerprint density at radius 3 is 2.81 bits per heavy atom. The van der Waals surface area contributed by atoms with E-state index in [0.29, 0.717) is 13.0 Å². The third-order valence-corrected chi connectivity index (χ3v) is 4.76. The zero-order chi connectivity index (χ0) is 12.0. The molecule has 4 nitrogen and oxygen atoms in total. The first-order valence-electron chi connectivity index (χ1n) is 5.90. The molecule has 0 saturated carbocycles. The van der Waals surface area contributed by atoms with Crippen LogP contribution in [-0.4, -0.2) is 44.5 Å². The van der Waals surface area contributed by atoms with Gasteiger partial charge in [-0.15, -0.1) is 0 Å². The van der Waals surface area contributed by atoms with E-state index < -0.39 is 9.84 Å². The van der Waals surface area contributed by atoms with Gasteiger partial charge in [0.25, 0.3) is 0 Å². The number of hydrogen-bond donors (Lipinski definition) is 0. The third-order valence-electron chi connectivity index (χ3n) is 2.92. The first-order chi connectivity index (χ1) is 7.57. The monoisotopic (exact) mass is 244 g/mol. The molecule has 0 aromatic carbocycles. The van der Waals surface area contributed by atoms with Crippen molar-refractivity contribution in [1.29, 1.82) is 5.26 Å². The van der Waals surface area contributed by atoms with E-state index in [1.54, 1.807) is 0 Å². The molecule has 16 heavy (non-hydrogen) atoms. The predicted octanol–water partition coefficient (Wildman–Crippen LogP) is 1.05. The van der Waals surface area contributed by atoms with E-state index in [1.807, 2.05) is 6.92 Å². The summed E-state index contributed by atoms with van der Waals surface area (Å²) in [5.41, 5.74) is 0. The lowest BCUT2D eigenvalue weighted by atomic mass is 10.00. The van der Waals surface area contributed by atoms with Crippen LogP contribution in [0.1, 0.15) is 26.2 Å². The molecule has 1 aliphatic rings. The fraction of sp³-hybridized carbons (Fsp3) is 0.909. The topological polar surface area (TPSA) is 61.2 Å². The van der Waals surface area contributed by atoms with E-state index in [9.17, 15) is 8.42 Å². The van der Waals surface area contributed by atoms with Crippen LogP contribution in [0, 0.1) is 17.2 Å². The predicted molar refractivity (Wildman–Crippen MR) is 63.7 cm³/mol. The molecule has 1 rings (SSSR count). The van der Waals surface area contributed by atoms with Gasteiger partial charge in [0.1, 0.15) is 0 Å². The summed E-state index contributed by atoms with van der Waals surface area (Å²) >= 11 is 0. The zero-order valence-electron chi connectivity index (χ0n) is 9.85. The van der Waals surface area contributed by atoms with Crippen molar-refractivity contribution in [2.75, 3.05) is 31.1 Å². The van der Waals surface area contributed by atoms with Gasteiger partial charge < -0.3 is 4.90 Å². The molecule has 1 unspecified atom stereocenters.